The van der Waals surface area contributed by atoms with Gasteiger partial charge in [-0.05, 0) is 43.7 Å². The number of nitrogens with one attached hydrogen (secondary N) is 1. The molecule has 2 aromatic rings. The SMILES string of the molecule is CN(C(=O)CNC(C)(C)c1ccc(F)cc1Cl)c1ccccc1. The Hall–Kier alpha value is -1.91. The van der Waals surface area contributed by atoms with Gasteiger partial charge in [0, 0.05) is 23.3 Å². The Morgan fingerprint density at radius 1 is 1.22 bits per heavy atom. The average Bonchev–Trinajstić information content (AvgIpc) is 2.52. The van der Waals surface area contributed by atoms with Gasteiger partial charge in [-0.1, -0.05) is 35.9 Å². The van der Waals surface area contributed by atoms with Crippen molar-refractivity contribution in [3.8, 4) is 0 Å². The first-order valence-electron chi connectivity index (χ1n) is 7.33. The predicted molar refractivity (Wildman–Crippen MR) is 92.3 cm³/mol. The fraction of sp³-hybridized carbons (Fsp3) is 0.278. The number of halogens is 2. The van der Waals surface area contributed by atoms with E-state index >= 15 is 0 Å². The maximum absolute atomic E-state index is 13.2. The highest BCUT2D eigenvalue weighted by molar-refractivity contribution is 6.31. The maximum atomic E-state index is 13.2. The highest BCUT2D eigenvalue weighted by Crippen LogP contribution is 2.28. The van der Waals surface area contributed by atoms with Crippen molar-refractivity contribution in [2.24, 2.45) is 0 Å². The van der Waals surface area contributed by atoms with Crippen LogP contribution in [0.4, 0.5) is 10.1 Å². The van der Waals surface area contributed by atoms with Crippen LogP contribution in [0.3, 0.4) is 0 Å². The zero-order chi connectivity index (χ0) is 17.0. The molecule has 0 spiro atoms. The fourth-order valence-electron chi connectivity index (χ4n) is 2.30. The third-order valence-corrected chi connectivity index (χ3v) is 4.12. The van der Waals surface area contributed by atoms with E-state index in [4.69, 9.17) is 11.6 Å². The number of carbonyl (C=O) groups excluding carboxylic acids is 1. The molecule has 3 nitrogen and oxygen atoms in total. The van der Waals surface area contributed by atoms with Gasteiger partial charge in [-0.15, -0.1) is 0 Å². The normalized spacial score (nSPS) is 11.3. The summed E-state index contributed by atoms with van der Waals surface area (Å²) in [5, 5.41) is 3.53. The lowest BCUT2D eigenvalue weighted by Gasteiger charge is -2.29. The summed E-state index contributed by atoms with van der Waals surface area (Å²) >= 11 is 6.11. The molecule has 1 amide bonds. The van der Waals surface area contributed by atoms with E-state index < -0.39 is 5.54 Å². The lowest BCUT2D eigenvalue weighted by molar-refractivity contribution is -0.117. The maximum Gasteiger partial charge on any atom is 0.240 e. The molecule has 23 heavy (non-hydrogen) atoms. The van der Waals surface area contributed by atoms with E-state index in [0.717, 1.165) is 11.3 Å². The first kappa shape index (κ1) is 17.4. The Balaban J connectivity index is 2.05. The van der Waals surface area contributed by atoms with Crippen LogP contribution in [-0.2, 0) is 10.3 Å². The predicted octanol–water partition coefficient (Wildman–Crippen LogP) is 3.97. The molecule has 0 unspecified atom stereocenters. The van der Waals surface area contributed by atoms with E-state index in [1.54, 1.807) is 18.0 Å². The smallest absolute Gasteiger partial charge is 0.240 e. The van der Waals surface area contributed by atoms with Crippen molar-refractivity contribution in [3.05, 3.63) is 64.9 Å². The summed E-state index contributed by atoms with van der Waals surface area (Å²) in [4.78, 5) is 13.9. The molecule has 2 rings (SSSR count). The van der Waals surface area contributed by atoms with Crippen molar-refractivity contribution in [2.75, 3.05) is 18.5 Å². The number of nitrogens with zero attached hydrogens (tertiary/aromatic N) is 1. The van der Waals surface area contributed by atoms with Gasteiger partial charge in [0.2, 0.25) is 5.91 Å². The highest BCUT2D eigenvalue weighted by atomic mass is 35.5. The Morgan fingerprint density at radius 3 is 2.48 bits per heavy atom. The summed E-state index contributed by atoms with van der Waals surface area (Å²) < 4.78 is 13.2. The van der Waals surface area contributed by atoms with Crippen molar-refractivity contribution in [1.29, 1.82) is 0 Å². The second kappa shape index (κ2) is 7.11. The summed E-state index contributed by atoms with van der Waals surface area (Å²) in [5.74, 6) is -0.447. The molecular formula is C18H20ClFN2O. The van der Waals surface area contributed by atoms with Crippen LogP contribution in [0, 0.1) is 5.82 Å². The van der Waals surface area contributed by atoms with Crippen LogP contribution in [0.2, 0.25) is 5.02 Å². The van der Waals surface area contributed by atoms with Crippen molar-refractivity contribution in [1.82, 2.24) is 5.32 Å². The molecule has 0 aromatic heterocycles. The number of carbonyl (C=O) groups is 1. The molecule has 122 valence electrons. The first-order valence-corrected chi connectivity index (χ1v) is 7.71. The second-order valence-electron chi connectivity index (χ2n) is 5.89. The van der Waals surface area contributed by atoms with E-state index in [1.807, 2.05) is 44.2 Å². The molecule has 0 saturated heterocycles. The minimum absolute atomic E-state index is 0.0671. The molecule has 0 aliphatic rings. The summed E-state index contributed by atoms with van der Waals surface area (Å²) in [7, 11) is 1.73. The third kappa shape index (κ3) is 4.30. The summed E-state index contributed by atoms with van der Waals surface area (Å²) in [6, 6.07) is 13.7. The zero-order valence-electron chi connectivity index (χ0n) is 13.4. The van der Waals surface area contributed by atoms with E-state index in [9.17, 15) is 9.18 Å². The Morgan fingerprint density at radius 2 is 1.87 bits per heavy atom. The Labute approximate surface area is 141 Å². The van der Waals surface area contributed by atoms with Crippen molar-refractivity contribution in [2.45, 2.75) is 19.4 Å². The van der Waals surface area contributed by atoms with Gasteiger partial charge in [-0.3, -0.25) is 10.1 Å². The topological polar surface area (TPSA) is 32.3 Å². The molecule has 0 bridgehead atoms. The van der Waals surface area contributed by atoms with E-state index in [2.05, 4.69) is 5.32 Å². The summed E-state index contributed by atoms with van der Waals surface area (Å²) in [5.41, 5.74) is 1.02. The quantitative estimate of drug-likeness (QED) is 0.897. The molecule has 0 aliphatic carbocycles. The number of rotatable bonds is 5. The lowest BCUT2D eigenvalue weighted by atomic mass is 9.94. The van der Waals surface area contributed by atoms with Crippen LogP contribution in [0.15, 0.2) is 48.5 Å². The molecule has 2 aromatic carbocycles. The molecule has 0 atom stereocenters. The average molecular weight is 335 g/mol. The van der Waals surface area contributed by atoms with Gasteiger partial charge in [0.1, 0.15) is 5.82 Å². The molecule has 0 fully saturated rings. The van der Waals surface area contributed by atoms with Gasteiger partial charge in [0.25, 0.3) is 0 Å². The number of amides is 1. The largest absolute Gasteiger partial charge is 0.314 e. The van der Waals surface area contributed by atoms with Crippen LogP contribution < -0.4 is 10.2 Å². The highest BCUT2D eigenvalue weighted by Gasteiger charge is 2.24. The van der Waals surface area contributed by atoms with Gasteiger partial charge in [0.05, 0.1) is 6.54 Å². The summed E-state index contributed by atoms with van der Waals surface area (Å²) in [6.45, 7) is 3.95. The molecule has 0 aliphatic heterocycles. The van der Waals surface area contributed by atoms with E-state index in [1.165, 1.54) is 12.1 Å². The minimum Gasteiger partial charge on any atom is -0.314 e. The number of benzene rings is 2. The Kier molecular flexibility index (Phi) is 5.39. The number of para-hydroxylation sites is 1. The van der Waals surface area contributed by atoms with Crippen LogP contribution in [0.25, 0.3) is 0 Å². The minimum atomic E-state index is -0.558. The molecular weight excluding hydrogens is 315 g/mol. The van der Waals surface area contributed by atoms with Crippen LogP contribution in [-0.4, -0.2) is 19.5 Å². The van der Waals surface area contributed by atoms with E-state index in [0.29, 0.717) is 5.02 Å². The molecule has 0 radical (unpaired) electrons. The zero-order valence-corrected chi connectivity index (χ0v) is 14.2. The van der Waals surface area contributed by atoms with Gasteiger partial charge >= 0.3 is 0 Å². The monoisotopic (exact) mass is 334 g/mol. The van der Waals surface area contributed by atoms with Crippen LogP contribution in [0.1, 0.15) is 19.4 Å². The van der Waals surface area contributed by atoms with Gasteiger partial charge in [-0.25, -0.2) is 4.39 Å². The second-order valence-corrected chi connectivity index (χ2v) is 6.30. The lowest BCUT2D eigenvalue weighted by Crippen LogP contribution is -2.44. The summed E-state index contributed by atoms with van der Waals surface area (Å²) in [6.07, 6.45) is 0. The number of anilines is 1. The molecule has 0 saturated carbocycles. The molecule has 0 heterocycles. The number of hydrogen-bond donors (Lipinski definition) is 1. The van der Waals surface area contributed by atoms with Crippen LogP contribution in [0.5, 0.6) is 0 Å². The number of likely N-dealkylation sites (N-methyl/N-ethyl adjacent to an activating group) is 1. The Bertz CT molecular complexity index is 689. The van der Waals surface area contributed by atoms with Crippen molar-refractivity contribution < 1.29 is 9.18 Å². The first-order chi connectivity index (χ1) is 10.8. The van der Waals surface area contributed by atoms with E-state index in [-0.39, 0.29) is 18.3 Å². The third-order valence-electron chi connectivity index (χ3n) is 3.80. The van der Waals surface area contributed by atoms with Crippen LogP contribution >= 0.6 is 11.6 Å². The van der Waals surface area contributed by atoms with Crippen molar-refractivity contribution >= 4 is 23.2 Å². The molecule has 1 N–H and O–H groups in total. The fourth-order valence-corrected chi connectivity index (χ4v) is 2.71. The van der Waals surface area contributed by atoms with Gasteiger partial charge in [0.15, 0.2) is 0 Å². The van der Waals surface area contributed by atoms with Gasteiger partial charge in [-0.2, -0.15) is 0 Å². The van der Waals surface area contributed by atoms with Crippen molar-refractivity contribution in [3.63, 3.8) is 0 Å². The molecule has 5 heteroatoms. The number of hydrogen-bond acceptors (Lipinski definition) is 2. The standard InChI is InChI=1S/C18H20ClFN2O/c1-18(2,15-10-9-13(20)11-16(15)19)21-12-17(23)22(3)14-7-5-4-6-8-14/h4-11,21H,12H2,1-3H3. The van der Waals surface area contributed by atoms with Gasteiger partial charge < -0.3 is 4.90 Å².